The summed E-state index contributed by atoms with van der Waals surface area (Å²) in [7, 11) is 4.81. The minimum Gasteiger partial charge on any atom is -0.497 e. The van der Waals surface area contributed by atoms with E-state index in [0.29, 0.717) is 65.6 Å². The number of carbonyl (C=O) groups is 3. The lowest BCUT2D eigenvalue weighted by atomic mass is 9.98. The average molecular weight is 690 g/mol. The monoisotopic (exact) mass is 689 g/mol. The quantitative estimate of drug-likeness (QED) is 0.252. The lowest BCUT2D eigenvalue weighted by molar-refractivity contribution is -0.137. The van der Waals surface area contributed by atoms with Crippen molar-refractivity contribution >= 4 is 46.9 Å². The van der Waals surface area contributed by atoms with Crippen molar-refractivity contribution in [1.29, 1.82) is 0 Å². The first-order chi connectivity index (χ1) is 23.2. The van der Waals surface area contributed by atoms with Crippen LogP contribution in [0, 0.1) is 0 Å². The van der Waals surface area contributed by atoms with Gasteiger partial charge in [-0.15, -0.1) is 11.8 Å². The molecule has 11 nitrogen and oxygen atoms in total. The summed E-state index contributed by atoms with van der Waals surface area (Å²) in [5, 5.41) is 5.29. The van der Waals surface area contributed by atoms with E-state index in [1.165, 1.54) is 18.7 Å². The van der Waals surface area contributed by atoms with Crippen molar-refractivity contribution in [3.8, 4) is 34.2 Å². The average Bonchev–Trinajstić information content (AvgIpc) is 3.44. The van der Waals surface area contributed by atoms with Crippen LogP contribution in [0.1, 0.15) is 23.3 Å². The largest absolute Gasteiger partial charge is 0.497 e. The summed E-state index contributed by atoms with van der Waals surface area (Å²) in [4.78, 5) is 45.0. The maximum absolute atomic E-state index is 14.2. The number of thioether (sulfide) groups is 1. The number of amides is 3. The van der Waals surface area contributed by atoms with E-state index in [9.17, 15) is 14.4 Å². The number of hydrogen-bond acceptors (Lipinski definition) is 8. The highest BCUT2D eigenvalue weighted by molar-refractivity contribution is 8.00. The zero-order valence-electron chi connectivity index (χ0n) is 27.1. The standard InChI is InChI=1S/C35H36ClN5O6S/c1-22(42)38-15-17-39(18-16-38)30(43)20-40-31(44)21-48-34(28-19-27(46-3)13-14-29(28)47-4)32-33(23-5-7-24(36)8-6-23)37-41(35(32)40)25-9-11-26(45-2)12-10-25/h5-14,19,34H,15-18,20-21H2,1-4H3/t34-/m1/s1. The second-order valence-electron chi connectivity index (χ2n) is 11.4. The summed E-state index contributed by atoms with van der Waals surface area (Å²) in [6.07, 6.45) is 0. The van der Waals surface area contributed by atoms with Gasteiger partial charge in [-0.2, -0.15) is 5.10 Å². The summed E-state index contributed by atoms with van der Waals surface area (Å²) in [6.45, 7) is 2.99. The molecule has 1 fully saturated rings. The van der Waals surface area contributed by atoms with Gasteiger partial charge in [-0.05, 0) is 54.6 Å². The number of anilines is 1. The van der Waals surface area contributed by atoms with Crippen molar-refractivity contribution in [2.45, 2.75) is 12.2 Å². The molecule has 0 spiro atoms. The van der Waals surface area contributed by atoms with Crippen LogP contribution < -0.4 is 19.1 Å². The van der Waals surface area contributed by atoms with Crippen LogP contribution in [0.25, 0.3) is 16.9 Å². The molecule has 3 heterocycles. The third-order valence-corrected chi connectivity index (χ3v) is 10.1. The predicted molar refractivity (Wildman–Crippen MR) is 186 cm³/mol. The second-order valence-corrected chi connectivity index (χ2v) is 12.9. The predicted octanol–water partition coefficient (Wildman–Crippen LogP) is 5.08. The van der Waals surface area contributed by atoms with Crippen molar-refractivity contribution < 1.29 is 28.6 Å². The summed E-state index contributed by atoms with van der Waals surface area (Å²) in [5.74, 6) is 2.02. The van der Waals surface area contributed by atoms with Crippen LogP contribution in [0.15, 0.2) is 66.7 Å². The minimum atomic E-state index is -0.439. The molecule has 2 aliphatic heterocycles. The lowest BCUT2D eigenvalue weighted by Gasteiger charge is -2.35. The van der Waals surface area contributed by atoms with Crippen LogP contribution in [0.2, 0.25) is 5.02 Å². The van der Waals surface area contributed by atoms with Crippen LogP contribution in [0.4, 0.5) is 5.82 Å². The molecule has 48 heavy (non-hydrogen) atoms. The van der Waals surface area contributed by atoms with Gasteiger partial charge in [0.15, 0.2) is 0 Å². The van der Waals surface area contributed by atoms with E-state index < -0.39 is 5.25 Å². The van der Waals surface area contributed by atoms with Crippen LogP contribution in [-0.4, -0.2) is 97.1 Å². The fourth-order valence-corrected chi connectivity index (χ4v) is 7.38. The van der Waals surface area contributed by atoms with E-state index in [1.54, 1.807) is 52.8 Å². The Hall–Kier alpha value is -4.68. The van der Waals surface area contributed by atoms with Crippen molar-refractivity contribution in [2.75, 3.05) is 64.7 Å². The van der Waals surface area contributed by atoms with Crippen LogP contribution in [-0.2, 0) is 14.4 Å². The normalized spacial score (nSPS) is 16.3. The highest BCUT2D eigenvalue weighted by atomic mass is 35.5. The summed E-state index contributed by atoms with van der Waals surface area (Å²) in [6, 6.07) is 20.3. The molecule has 3 aromatic carbocycles. The van der Waals surface area contributed by atoms with Crippen LogP contribution >= 0.6 is 23.4 Å². The van der Waals surface area contributed by atoms with Crippen LogP contribution in [0.5, 0.6) is 17.2 Å². The van der Waals surface area contributed by atoms with E-state index in [0.717, 1.165) is 16.7 Å². The molecule has 0 radical (unpaired) electrons. The van der Waals surface area contributed by atoms with Gasteiger partial charge < -0.3 is 24.0 Å². The number of benzene rings is 3. The van der Waals surface area contributed by atoms with E-state index in [1.807, 2.05) is 54.6 Å². The number of rotatable bonds is 8. The number of halogens is 1. The Morgan fingerprint density at radius 1 is 0.875 bits per heavy atom. The van der Waals surface area contributed by atoms with Gasteiger partial charge in [-0.25, -0.2) is 4.68 Å². The molecule has 250 valence electrons. The lowest BCUT2D eigenvalue weighted by Crippen LogP contribution is -2.53. The van der Waals surface area contributed by atoms with Gasteiger partial charge in [0, 0.05) is 54.8 Å². The van der Waals surface area contributed by atoms with Gasteiger partial charge in [0.25, 0.3) is 0 Å². The summed E-state index contributed by atoms with van der Waals surface area (Å²) >= 11 is 7.74. The Bertz CT molecular complexity index is 1820. The molecule has 2 aliphatic rings. The number of carbonyl (C=O) groups excluding carboxylic acids is 3. The van der Waals surface area contributed by atoms with Gasteiger partial charge in [-0.1, -0.05) is 23.7 Å². The van der Waals surface area contributed by atoms with Gasteiger partial charge in [0.2, 0.25) is 17.7 Å². The molecule has 0 bridgehead atoms. The first-order valence-corrected chi connectivity index (χ1v) is 16.9. The van der Waals surface area contributed by atoms with Crippen molar-refractivity contribution in [3.05, 3.63) is 82.9 Å². The van der Waals surface area contributed by atoms with E-state index >= 15 is 0 Å². The highest BCUT2D eigenvalue weighted by Gasteiger charge is 2.39. The van der Waals surface area contributed by atoms with E-state index in [4.69, 9.17) is 30.9 Å². The SMILES string of the molecule is COc1ccc(-n2nc(-c3ccc(Cl)cc3)c3c2N(CC(=O)N2CCN(C(C)=O)CC2)C(=O)CS[C@@H]3c2cc(OC)ccc2OC)cc1. The first-order valence-electron chi connectivity index (χ1n) is 15.4. The number of nitrogens with zero attached hydrogens (tertiary/aromatic N) is 5. The number of aromatic nitrogens is 2. The van der Waals surface area contributed by atoms with Crippen molar-refractivity contribution in [2.24, 2.45) is 0 Å². The first kappa shape index (κ1) is 33.2. The minimum absolute atomic E-state index is 0.0244. The molecule has 0 aliphatic carbocycles. The molecular weight excluding hydrogens is 654 g/mol. The topological polar surface area (TPSA) is 106 Å². The van der Waals surface area contributed by atoms with Gasteiger partial charge in [-0.3, -0.25) is 19.3 Å². The fourth-order valence-electron chi connectivity index (χ4n) is 6.04. The maximum Gasteiger partial charge on any atom is 0.242 e. The number of ether oxygens (including phenoxy) is 3. The zero-order chi connectivity index (χ0) is 33.9. The molecule has 1 aromatic heterocycles. The number of fused-ring (bicyclic) bond motifs is 1. The highest BCUT2D eigenvalue weighted by Crippen LogP contribution is 2.51. The van der Waals surface area contributed by atoms with Crippen molar-refractivity contribution in [1.82, 2.24) is 19.6 Å². The van der Waals surface area contributed by atoms with E-state index in [-0.39, 0.29) is 30.0 Å². The number of methoxy groups -OCH3 is 3. The third-order valence-electron chi connectivity index (χ3n) is 8.61. The Labute approximate surface area is 288 Å². The Kier molecular flexibility index (Phi) is 9.83. The molecule has 4 aromatic rings. The van der Waals surface area contributed by atoms with Gasteiger partial charge in [0.05, 0.1) is 43.7 Å². The molecular formula is C35H36ClN5O6S. The van der Waals surface area contributed by atoms with Gasteiger partial charge >= 0.3 is 0 Å². The van der Waals surface area contributed by atoms with Crippen LogP contribution in [0.3, 0.4) is 0 Å². The molecule has 6 rings (SSSR count). The molecule has 0 saturated carbocycles. The number of piperazine rings is 1. The molecule has 13 heteroatoms. The molecule has 0 unspecified atom stereocenters. The summed E-state index contributed by atoms with van der Waals surface area (Å²) in [5.41, 5.74) is 3.63. The second kappa shape index (κ2) is 14.2. The molecule has 1 saturated heterocycles. The Morgan fingerprint density at radius 3 is 2.15 bits per heavy atom. The fraction of sp³-hybridized carbons (Fsp3) is 0.314. The zero-order valence-corrected chi connectivity index (χ0v) is 28.7. The van der Waals surface area contributed by atoms with Gasteiger partial charge in [0.1, 0.15) is 29.6 Å². The third kappa shape index (κ3) is 6.54. The molecule has 0 N–H and O–H groups in total. The molecule has 3 amide bonds. The smallest absolute Gasteiger partial charge is 0.242 e. The Morgan fingerprint density at radius 2 is 1.52 bits per heavy atom. The maximum atomic E-state index is 14.2. The summed E-state index contributed by atoms with van der Waals surface area (Å²) < 4.78 is 18.6. The van der Waals surface area contributed by atoms with Crippen molar-refractivity contribution in [3.63, 3.8) is 0 Å². The Balaban J connectivity index is 1.56. The van der Waals surface area contributed by atoms with E-state index in [2.05, 4.69) is 0 Å². The number of hydrogen-bond donors (Lipinski definition) is 0. The molecule has 1 atom stereocenters.